The number of carbonyl (C=O) groups is 1. The van der Waals surface area contributed by atoms with Crippen LogP contribution >= 0.6 is 23.4 Å². The standard InChI is InChI=1S/C17H11ClFN3OS/c18-12-6-4-10(5-7-12)16-20-17-22(21-16)15(23)9-14(24-17)11-2-1-3-13(19)8-11/h1-8,14H,9H2/t14-/m1/s1. The average Bonchev–Trinajstić information content (AvgIpc) is 3.00. The summed E-state index contributed by atoms with van der Waals surface area (Å²) < 4.78 is 14.8. The molecule has 0 N–H and O–H groups in total. The highest BCUT2D eigenvalue weighted by atomic mass is 35.5. The molecule has 0 saturated carbocycles. The van der Waals surface area contributed by atoms with Gasteiger partial charge in [0, 0.05) is 22.3 Å². The fourth-order valence-electron chi connectivity index (χ4n) is 2.56. The Labute approximate surface area is 146 Å². The van der Waals surface area contributed by atoms with Gasteiger partial charge in [-0.25, -0.2) is 9.37 Å². The van der Waals surface area contributed by atoms with Crippen molar-refractivity contribution in [3.63, 3.8) is 0 Å². The van der Waals surface area contributed by atoms with E-state index in [0.717, 1.165) is 11.1 Å². The van der Waals surface area contributed by atoms with E-state index in [1.807, 2.05) is 18.2 Å². The molecule has 120 valence electrons. The topological polar surface area (TPSA) is 47.8 Å². The van der Waals surface area contributed by atoms with Gasteiger partial charge < -0.3 is 0 Å². The maximum atomic E-state index is 13.4. The SMILES string of the molecule is O=C1C[C@H](c2cccc(F)c2)Sc2nc(-c3ccc(Cl)cc3)nn21. The van der Waals surface area contributed by atoms with E-state index in [1.165, 1.54) is 28.6 Å². The minimum atomic E-state index is -0.311. The van der Waals surface area contributed by atoms with Gasteiger partial charge in [0.2, 0.25) is 0 Å². The molecule has 1 aliphatic heterocycles. The van der Waals surface area contributed by atoms with Crippen molar-refractivity contribution in [2.75, 3.05) is 0 Å². The molecule has 1 atom stereocenters. The first-order valence-corrected chi connectivity index (χ1v) is 8.54. The molecule has 4 nitrogen and oxygen atoms in total. The molecule has 0 spiro atoms. The summed E-state index contributed by atoms with van der Waals surface area (Å²) in [6, 6.07) is 13.4. The first kappa shape index (κ1) is 15.4. The summed E-state index contributed by atoms with van der Waals surface area (Å²) in [4.78, 5) is 16.8. The van der Waals surface area contributed by atoms with Gasteiger partial charge in [-0.1, -0.05) is 35.5 Å². The van der Waals surface area contributed by atoms with Crippen LogP contribution in [0.1, 0.15) is 22.0 Å². The third kappa shape index (κ3) is 2.83. The van der Waals surface area contributed by atoms with Crippen LogP contribution in [0.4, 0.5) is 4.39 Å². The van der Waals surface area contributed by atoms with E-state index in [9.17, 15) is 9.18 Å². The molecule has 1 aromatic heterocycles. The Kier molecular flexibility index (Phi) is 3.86. The molecule has 2 aromatic carbocycles. The van der Waals surface area contributed by atoms with Gasteiger partial charge in [0.05, 0.1) is 0 Å². The number of nitrogens with zero attached hydrogens (tertiary/aromatic N) is 3. The maximum Gasteiger partial charge on any atom is 0.250 e. The summed E-state index contributed by atoms with van der Waals surface area (Å²) in [6.07, 6.45) is 0.255. The van der Waals surface area contributed by atoms with E-state index in [4.69, 9.17) is 11.6 Å². The smallest absolute Gasteiger partial charge is 0.250 e. The van der Waals surface area contributed by atoms with Crippen molar-refractivity contribution in [3.8, 4) is 11.4 Å². The van der Waals surface area contributed by atoms with Crippen molar-refractivity contribution in [2.24, 2.45) is 0 Å². The average molecular weight is 360 g/mol. The molecule has 0 aliphatic carbocycles. The van der Waals surface area contributed by atoms with Crippen LogP contribution < -0.4 is 0 Å². The van der Waals surface area contributed by atoms with E-state index in [-0.39, 0.29) is 23.4 Å². The molecular formula is C17H11ClFN3OS. The third-order valence-electron chi connectivity index (χ3n) is 3.74. The van der Waals surface area contributed by atoms with Crippen molar-refractivity contribution in [2.45, 2.75) is 16.8 Å². The largest absolute Gasteiger partial charge is 0.272 e. The normalized spacial score (nSPS) is 16.9. The van der Waals surface area contributed by atoms with Crippen LogP contribution in [0.2, 0.25) is 5.02 Å². The number of halogens is 2. The molecule has 0 bridgehead atoms. The highest BCUT2D eigenvalue weighted by Gasteiger charge is 2.30. The first-order chi connectivity index (χ1) is 11.6. The van der Waals surface area contributed by atoms with E-state index >= 15 is 0 Å². The lowest BCUT2D eigenvalue weighted by atomic mass is 10.1. The van der Waals surface area contributed by atoms with Gasteiger partial charge in [0.15, 0.2) is 11.0 Å². The number of benzene rings is 2. The molecule has 1 aliphatic rings. The lowest BCUT2D eigenvalue weighted by Gasteiger charge is -2.20. The Bertz CT molecular complexity index is 926. The number of hydrogen-bond donors (Lipinski definition) is 0. The zero-order chi connectivity index (χ0) is 16.7. The summed E-state index contributed by atoms with van der Waals surface area (Å²) in [6.45, 7) is 0. The van der Waals surface area contributed by atoms with Crippen LogP contribution in [-0.4, -0.2) is 20.7 Å². The van der Waals surface area contributed by atoms with Crippen molar-refractivity contribution < 1.29 is 9.18 Å². The molecule has 2 heterocycles. The van der Waals surface area contributed by atoms with Crippen molar-refractivity contribution in [3.05, 3.63) is 64.9 Å². The second-order valence-electron chi connectivity index (χ2n) is 5.40. The van der Waals surface area contributed by atoms with E-state index in [2.05, 4.69) is 10.1 Å². The summed E-state index contributed by atoms with van der Waals surface area (Å²) in [5.41, 5.74) is 1.56. The second-order valence-corrected chi connectivity index (χ2v) is 7.00. The van der Waals surface area contributed by atoms with Crippen LogP contribution in [0.15, 0.2) is 53.7 Å². The summed E-state index contributed by atoms with van der Waals surface area (Å²) in [7, 11) is 0. The Morgan fingerprint density at radius 3 is 2.75 bits per heavy atom. The molecule has 0 fully saturated rings. The zero-order valence-electron chi connectivity index (χ0n) is 12.3. The number of aromatic nitrogens is 3. The molecule has 0 radical (unpaired) electrons. The Morgan fingerprint density at radius 2 is 2.00 bits per heavy atom. The molecule has 7 heteroatoms. The van der Waals surface area contributed by atoms with Crippen molar-refractivity contribution in [1.82, 2.24) is 14.8 Å². The predicted molar refractivity (Wildman–Crippen MR) is 90.7 cm³/mol. The fourth-order valence-corrected chi connectivity index (χ4v) is 3.84. The zero-order valence-corrected chi connectivity index (χ0v) is 13.9. The van der Waals surface area contributed by atoms with Crippen LogP contribution in [0, 0.1) is 5.82 Å². The first-order valence-electron chi connectivity index (χ1n) is 7.28. The summed E-state index contributed by atoms with van der Waals surface area (Å²) in [5.74, 6) is 0.0163. The van der Waals surface area contributed by atoms with Crippen LogP contribution in [0.25, 0.3) is 11.4 Å². The predicted octanol–water partition coefficient (Wildman–Crippen LogP) is 4.61. The van der Waals surface area contributed by atoms with Gasteiger partial charge in [-0.05, 0) is 42.0 Å². The van der Waals surface area contributed by atoms with Crippen LogP contribution in [0.5, 0.6) is 0 Å². The Morgan fingerprint density at radius 1 is 1.21 bits per heavy atom. The second kappa shape index (κ2) is 6.03. The van der Waals surface area contributed by atoms with Gasteiger partial charge in [0.25, 0.3) is 5.91 Å². The van der Waals surface area contributed by atoms with Gasteiger partial charge in [-0.2, -0.15) is 4.68 Å². The quantitative estimate of drug-likeness (QED) is 0.670. The molecule has 24 heavy (non-hydrogen) atoms. The number of rotatable bonds is 2. The lowest BCUT2D eigenvalue weighted by molar-refractivity contribution is 0.0868. The number of fused-ring (bicyclic) bond motifs is 1. The van der Waals surface area contributed by atoms with Gasteiger partial charge >= 0.3 is 0 Å². The molecule has 4 rings (SSSR count). The lowest BCUT2D eigenvalue weighted by Crippen LogP contribution is -2.21. The molecule has 0 saturated heterocycles. The Hall–Kier alpha value is -2.18. The number of hydrogen-bond acceptors (Lipinski definition) is 4. The molecule has 0 unspecified atom stereocenters. The van der Waals surface area contributed by atoms with E-state index < -0.39 is 0 Å². The number of carbonyl (C=O) groups excluding carboxylic acids is 1. The maximum absolute atomic E-state index is 13.4. The van der Waals surface area contributed by atoms with Crippen molar-refractivity contribution >= 4 is 29.3 Å². The Balaban J connectivity index is 1.68. The van der Waals surface area contributed by atoms with Crippen LogP contribution in [-0.2, 0) is 0 Å². The minimum Gasteiger partial charge on any atom is -0.272 e. The van der Waals surface area contributed by atoms with E-state index in [1.54, 1.807) is 18.2 Å². The monoisotopic (exact) mass is 359 g/mol. The van der Waals surface area contributed by atoms with Crippen LogP contribution in [0.3, 0.4) is 0 Å². The summed E-state index contributed by atoms with van der Waals surface area (Å²) in [5, 5.41) is 5.27. The van der Waals surface area contributed by atoms with E-state index in [0.29, 0.717) is 16.0 Å². The third-order valence-corrected chi connectivity index (χ3v) is 5.19. The summed E-state index contributed by atoms with van der Waals surface area (Å²) >= 11 is 7.31. The molecular weight excluding hydrogens is 349 g/mol. The number of thioether (sulfide) groups is 1. The highest BCUT2D eigenvalue weighted by Crippen LogP contribution is 2.41. The van der Waals surface area contributed by atoms with Crippen molar-refractivity contribution in [1.29, 1.82) is 0 Å². The highest BCUT2D eigenvalue weighted by molar-refractivity contribution is 7.99. The van der Waals surface area contributed by atoms with Gasteiger partial charge in [0.1, 0.15) is 5.82 Å². The van der Waals surface area contributed by atoms with Gasteiger partial charge in [-0.3, -0.25) is 4.79 Å². The fraction of sp³-hybridized carbons (Fsp3) is 0.118. The minimum absolute atomic E-state index is 0.147. The molecule has 0 amide bonds. The van der Waals surface area contributed by atoms with Gasteiger partial charge in [-0.15, -0.1) is 5.10 Å². The molecule has 3 aromatic rings.